The molecule has 8 nitrogen and oxygen atoms in total. The van der Waals surface area contributed by atoms with Gasteiger partial charge in [-0.25, -0.2) is 9.97 Å². The van der Waals surface area contributed by atoms with Crippen molar-refractivity contribution in [2.24, 2.45) is 5.92 Å². The van der Waals surface area contributed by atoms with Crippen molar-refractivity contribution < 1.29 is 4.74 Å². The van der Waals surface area contributed by atoms with Crippen molar-refractivity contribution in [1.29, 1.82) is 0 Å². The molecule has 1 unspecified atom stereocenters. The maximum atomic E-state index is 6.77. The van der Waals surface area contributed by atoms with E-state index in [2.05, 4.69) is 35.8 Å². The highest BCUT2D eigenvalue weighted by Crippen LogP contribution is 2.38. The Morgan fingerprint density at radius 2 is 1.91 bits per heavy atom. The first-order chi connectivity index (χ1) is 17.1. The van der Waals surface area contributed by atoms with Gasteiger partial charge in [-0.1, -0.05) is 11.6 Å². The van der Waals surface area contributed by atoms with Crippen LogP contribution in [0.15, 0.2) is 48.9 Å². The van der Waals surface area contributed by atoms with Crippen LogP contribution in [0.4, 0.5) is 0 Å². The highest BCUT2D eigenvalue weighted by atomic mass is 35.5. The predicted octanol–water partition coefficient (Wildman–Crippen LogP) is 5.74. The number of aromatic nitrogens is 6. The highest BCUT2D eigenvalue weighted by Gasteiger charge is 2.34. The Morgan fingerprint density at radius 3 is 2.74 bits per heavy atom. The van der Waals surface area contributed by atoms with Gasteiger partial charge in [-0.2, -0.15) is 5.10 Å². The van der Waals surface area contributed by atoms with Crippen LogP contribution in [-0.4, -0.2) is 47.7 Å². The van der Waals surface area contributed by atoms with Crippen LogP contribution < -0.4 is 4.74 Å². The van der Waals surface area contributed by atoms with E-state index < -0.39 is 0 Å². The number of hydrogen-bond acceptors (Lipinski definition) is 6. The molecule has 9 heteroatoms. The molecule has 176 valence electrons. The molecule has 0 saturated carbocycles. The number of imidazole rings is 1. The van der Waals surface area contributed by atoms with E-state index in [9.17, 15) is 0 Å². The fourth-order valence-electron chi connectivity index (χ4n) is 5.39. The number of nitrogens with zero attached hydrogens (tertiary/aromatic N) is 6. The molecule has 2 aromatic carbocycles. The van der Waals surface area contributed by atoms with E-state index in [4.69, 9.17) is 21.3 Å². The van der Waals surface area contributed by atoms with Crippen molar-refractivity contribution >= 4 is 33.7 Å². The summed E-state index contributed by atoms with van der Waals surface area (Å²) in [6, 6.07) is 9.43. The van der Waals surface area contributed by atoms with Gasteiger partial charge < -0.3 is 9.72 Å². The first kappa shape index (κ1) is 20.8. The lowest BCUT2D eigenvalue weighted by molar-refractivity contribution is 0.00306. The number of hydrogen-bond donors (Lipinski definition) is 1. The molecule has 1 atom stereocenters. The van der Waals surface area contributed by atoms with Gasteiger partial charge in [-0.05, 0) is 56.4 Å². The Balaban J connectivity index is 1.20. The van der Waals surface area contributed by atoms with Crippen LogP contribution in [0.25, 0.3) is 33.3 Å². The van der Waals surface area contributed by atoms with Crippen molar-refractivity contribution in [3.05, 3.63) is 59.8 Å². The second-order valence-electron chi connectivity index (χ2n) is 9.51. The first-order valence-corrected chi connectivity index (χ1v) is 12.4. The maximum absolute atomic E-state index is 6.77. The van der Waals surface area contributed by atoms with E-state index in [0.717, 1.165) is 47.1 Å². The zero-order chi connectivity index (χ0) is 23.5. The number of benzene rings is 2. The first-order valence-electron chi connectivity index (χ1n) is 12.0. The number of ether oxygens (including phenoxy) is 1. The lowest BCUT2D eigenvalue weighted by Crippen LogP contribution is -2.46. The van der Waals surface area contributed by atoms with Crippen molar-refractivity contribution in [2.45, 2.75) is 32.4 Å². The Morgan fingerprint density at radius 1 is 1.06 bits per heavy atom. The van der Waals surface area contributed by atoms with Crippen LogP contribution in [0.5, 0.6) is 11.5 Å². The van der Waals surface area contributed by atoms with Crippen molar-refractivity contribution in [3.63, 3.8) is 0 Å². The molecule has 0 amide bonds. The van der Waals surface area contributed by atoms with E-state index in [1.165, 1.54) is 19.3 Å². The van der Waals surface area contributed by atoms with E-state index in [0.29, 0.717) is 33.7 Å². The average Bonchev–Trinajstić information content (AvgIpc) is 3.52. The summed E-state index contributed by atoms with van der Waals surface area (Å²) in [5.74, 6) is 2.88. The quantitative estimate of drug-likeness (QED) is 0.349. The minimum atomic E-state index is 0.337. The van der Waals surface area contributed by atoms with Gasteiger partial charge in [0, 0.05) is 30.9 Å². The largest absolute Gasteiger partial charge is 0.456 e. The molecule has 3 aliphatic heterocycles. The van der Waals surface area contributed by atoms with Crippen LogP contribution in [0, 0.1) is 12.8 Å². The lowest BCUT2D eigenvalue weighted by atomic mass is 9.86. The molecule has 6 heterocycles. The van der Waals surface area contributed by atoms with Crippen LogP contribution >= 0.6 is 11.6 Å². The molecule has 3 saturated heterocycles. The molecule has 2 bridgehead atoms. The Hall–Kier alpha value is -3.49. The molecule has 8 rings (SSSR count). The molecule has 0 radical (unpaired) electrons. The highest BCUT2D eigenvalue weighted by molar-refractivity contribution is 6.36. The molecule has 3 aliphatic rings. The topological polar surface area (TPSA) is 84.8 Å². The number of piperidine rings is 3. The Kier molecular flexibility index (Phi) is 4.78. The molecular weight excluding hydrogens is 462 g/mol. The normalized spacial score (nSPS) is 21.7. The summed E-state index contributed by atoms with van der Waals surface area (Å²) in [5, 5.41) is 5.11. The fourth-order valence-corrected chi connectivity index (χ4v) is 5.63. The Labute approximate surface area is 206 Å². The lowest BCUT2D eigenvalue weighted by Gasteiger charge is -2.45. The van der Waals surface area contributed by atoms with Crippen molar-refractivity contribution in [2.75, 3.05) is 13.1 Å². The van der Waals surface area contributed by atoms with Crippen molar-refractivity contribution in [1.82, 2.24) is 34.6 Å². The van der Waals surface area contributed by atoms with E-state index >= 15 is 0 Å². The number of nitrogens with one attached hydrogen (secondary N) is 1. The molecule has 5 aromatic rings. The molecule has 35 heavy (non-hydrogen) atoms. The number of rotatable bonds is 4. The number of aryl methyl sites for hydroxylation is 1. The van der Waals surface area contributed by atoms with Gasteiger partial charge in [-0.3, -0.25) is 14.6 Å². The molecule has 0 spiro atoms. The van der Waals surface area contributed by atoms with Crippen LogP contribution in [0.1, 0.15) is 31.3 Å². The van der Waals surface area contributed by atoms with Gasteiger partial charge >= 0.3 is 0 Å². The van der Waals surface area contributed by atoms with E-state index in [1.807, 2.05) is 43.5 Å². The predicted molar refractivity (Wildman–Crippen MR) is 135 cm³/mol. The summed E-state index contributed by atoms with van der Waals surface area (Å²) in [4.78, 5) is 19.7. The minimum absolute atomic E-state index is 0.337. The van der Waals surface area contributed by atoms with E-state index in [1.54, 1.807) is 6.20 Å². The summed E-state index contributed by atoms with van der Waals surface area (Å²) in [6.45, 7) is 4.24. The van der Waals surface area contributed by atoms with Crippen molar-refractivity contribution in [3.8, 4) is 22.8 Å². The number of halogens is 1. The zero-order valence-electron chi connectivity index (χ0n) is 19.3. The SMILES string of the molecule is Cc1nc2ccc(Oc3ccc4ncc(-c5cnn(C6CC7CCN6CC7)c5)nc4c3Cl)cc2[nH]1. The Bertz CT molecular complexity index is 1570. The third kappa shape index (κ3) is 3.64. The summed E-state index contributed by atoms with van der Waals surface area (Å²) in [7, 11) is 0. The third-order valence-corrected chi connectivity index (χ3v) is 7.60. The van der Waals surface area contributed by atoms with Gasteiger partial charge in [-0.15, -0.1) is 0 Å². The summed E-state index contributed by atoms with van der Waals surface area (Å²) >= 11 is 6.77. The maximum Gasteiger partial charge on any atom is 0.148 e. The van der Waals surface area contributed by atoms with Gasteiger partial charge in [0.2, 0.25) is 0 Å². The minimum Gasteiger partial charge on any atom is -0.456 e. The number of fused-ring (bicyclic) bond motifs is 5. The van der Waals surface area contributed by atoms with Gasteiger partial charge in [0.25, 0.3) is 0 Å². The van der Waals surface area contributed by atoms with E-state index in [-0.39, 0.29) is 0 Å². The molecular formula is C26H24ClN7O. The number of aromatic amines is 1. The third-order valence-electron chi connectivity index (χ3n) is 7.23. The van der Waals surface area contributed by atoms with Gasteiger partial charge in [0.1, 0.15) is 34.0 Å². The second-order valence-corrected chi connectivity index (χ2v) is 9.89. The van der Waals surface area contributed by atoms with Crippen LogP contribution in [0.2, 0.25) is 5.02 Å². The monoisotopic (exact) mass is 485 g/mol. The fraction of sp³-hybridized carbons (Fsp3) is 0.308. The summed E-state index contributed by atoms with van der Waals surface area (Å²) in [6.07, 6.45) is 9.84. The van der Waals surface area contributed by atoms with Crippen LogP contribution in [-0.2, 0) is 0 Å². The second kappa shape index (κ2) is 8.03. The van der Waals surface area contributed by atoms with Gasteiger partial charge in [0.05, 0.1) is 34.6 Å². The molecule has 3 fully saturated rings. The zero-order valence-corrected chi connectivity index (χ0v) is 20.0. The van der Waals surface area contributed by atoms with Crippen LogP contribution in [0.3, 0.4) is 0 Å². The number of H-pyrrole nitrogens is 1. The molecule has 0 aliphatic carbocycles. The average molecular weight is 486 g/mol. The molecule has 3 aromatic heterocycles. The summed E-state index contributed by atoms with van der Waals surface area (Å²) < 4.78 is 8.21. The standard InChI is InChI=1S/C26H24ClN7O/c1-15-30-19-3-2-18(11-21(19)31-15)35-23-5-4-20-26(25(23)27)32-22(13-28-20)17-12-29-34(14-17)24-10-16-6-8-33(24)9-7-16/h2-5,11-14,16,24H,6-10H2,1H3,(H,30,31). The summed E-state index contributed by atoms with van der Waals surface area (Å²) in [5.41, 5.74) is 4.81. The smallest absolute Gasteiger partial charge is 0.148 e. The molecule has 1 N–H and O–H groups in total. The van der Waals surface area contributed by atoms with Gasteiger partial charge in [0.15, 0.2) is 0 Å².